The molecule has 0 bridgehead atoms. The van der Waals surface area contributed by atoms with E-state index in [9.17, 15) is 9.50 Å². The van der Waals surface area contributed by atoms with Gasteiger partial charge in [-0.3, -0.25) is 4.98 Å². The lowest BCUT2D eigenvalue weighted by Crippen LogP contribution is -2.02. The Balaban J connectivity index is 2.12. The molecule has 16 heavy (non-hydrogen) atoms. The van der Waals surface area contributed by atoms with Crippen molar-refractivity contribution in [1.29, 1.82) is 0 Å². The monoisotopic (exact) mass is 217 g/mol. The zero-order valence-corrected chi connectivity index (χ0v) is 8.68. The predicted molar refractivity (Wildman–Crippen MR) is 59.3 cm³/mol. The van der Waals surface area contributed by atoms with Crippen LogP contribution in [-0.4, -0.2) is 10.1 Å². The van der Waals surface area contributed by atoms with Crippen LogP contribution in [-0.2, 0) is 6.42 Å². The Morgan fingerprint density at radius 3 is 2.62 bits per heavy atom. The van der Waals surface area contributed by atoms with Crippen LogP contribution < -0.4 is 0 Å². The normalized spacial score (nSPS) is 12.4. The summed E-state index contributed by atoms with van der Waals surface area (Å²) in [7, 11) is 0. The third kappa shape index (κ3) is 2.64. The molecule has 0 aliphatic rings. The van der Waals surface area contributed by atoms with E-state index in [1.54, 1.807) is 24.5 Å². The summed E-state index contributed by atoms with van der Waals surface area (Å²) in [5, 5.41) is 9.91. The third-order valence-corrected chi connectivity index (χ3v) is 2.41. The topological polar surface area (TPSA) is 33.1 Å². The molecule has 0 saturated heterocycles. The van der Waals surface area contributed by atoms with Gasteiger partial charge in [0.2, 0.25) is 0 Å². The number of aliphatic hydroxyl groups excluding tert-OH is 1. The molecule has 82 valence electrons. The maximum absolute atomic E-state index is 12.9. The van der Waals surface area contributed by atoms with Crippen LogP contribution in [0.4, 0.5) is 4.39 Å². The minimum Gasteiger partial charge on any atom is -0.388 e. The second-order valence-corrected chi connectivity index (χ2v) is 3.63. The average molecular weight is 217 g/mol. The standard InChI is InChI=1S/C13H12FNO/c14-12-3-1-2-11(9-12)13(16)8-10-4-6-15-7-5-10/h1-7,9,13,16H,8H2. The van der Waals surface area contributed by atoms with E-state index in [-0.39, 0.29) is 5.82 Å². The summed E-state index contributed by atoms with van der Waals surface area (Å²) in [6.45, 7) is 0. The van der Waals surface area contributed by atoms with Gasteiger partial charge in [-0.1, -0.05) is 12.1 Å². The molecule has 1 atom stereocenters. The fourth-order valence-corrected chi connectivity index (χ4v) is 1.57. The first-order chi connectivity index (χ1) is 7.75. The summed E-state index contributed by atoms with van der Waals surface area (Å²) in [5.74, 6) is -0.328. The Morgan fingerprint density at radius 1 is 1.19 bits per heavy atom. The van der Waals surface area contributed by atoms with Crippen LogP contribution in [0.3, 0.4) is 0 Å². The van der Waals surface area contributed by atoms with Crippen LogP contribution in [0.15, 0.2) is 48.8 Å². The number of aromatic nitrogens is 1. The lowest BCUT2D eigenvalue weighted by Gasteiger charge is -2.10. The van der Waals surface area contributed by atoms with E-state index in [1.165, 1.54) is 12.1 Å². The summed E-state index contributed by atoms with van der Waals surface area (Å²) in [4.78, 5) is 3.90. The SMILES string of the molecule is OC(Cc1ccncc1)c1cccc(F)c1. The smallest absolute Gasteiger partial charge is 0.123 e. The van der Waals surface area contributed by atoms with E-state index in [4.69, 9.17) is 0 Å². The van der Waals surface area contributed by atoms with Crippen LogP contribution in [0.2, 0.25) is 0 Å². The van der Waals surface area contributed by atoms with Gasteiger partial charge in [0.05, 0.1) is 6.10 Å². The molecule has 2 aromatic rings. The molecule has 0 saturated carbocycles. The Hall–Kier alpha value is -1.74. The summed E-state index contributed by atoms with van der Waals surface area (Å²) in [6, 6.07) is 9.70. The van der Waals surface area contributed by atoms with Gasteiger partial charge in [-0.15, -0.1) is 0 Å². The number of benzene rings is 1. The van der Waals surface area contributed by atoms with Crippen LogP contribution in [0, 0.1) is 5.82 Å². The van der Waals surface area contributed by atoms with Crippen molar-refractivity contribution >= 4 is 0 Å². The molecule has 3 heteroatoms. The van der Waals surface area contributed by atoms with E-state index >= 15 is 0 Å². The van der Waals surface area contributed by atoms with Crippen LogP contribution in [0.5, 0.6) is 0 Å². The fraction of sp³-hybridized carbons (Fsp3) is 0.154. The van der Waals surface area contributed by atoms with E-state index in [0.717, 1.165) is 5.56 Å². The highest BCUT2D eigenvalue weighted by Crippen LogP contribution is 2.18. The molecule has 0 radical (unpaired) electrons. The molecule has 1 aromatic carbocycles. The third-order valence-electron chi connectivity index (χ3n) is 2.41. The van der Waals surface area contributed by atoms with Gasteiger partial charge in [0.15, 0.2) is 0 Å². The first-order valence-corrected chi connectivity index (χ1v) is 5.08. The van der Waals surface area contributed by atoms with E-state index in [0.29, 0.717) is 12.0 Å². The first kappa shape index (κ1) is 10.8. The quantitative estimate of drug-likeness (QED) is 0.856. The second kappa shape index (κ2) is 4.86. The molecule has 2 nitrogen and oxygen atoms in total. The molecule has 0 spiro atoms. The number of pyridine rings is 1. The number of rotatable bonds is 3. The summed E-state index contributed by atoms with van der Waals surface area (Å²) in [5.41, 5.74) is 1.57. The lowest BCUT2D eigenvalue weighted by molar-refractivity contribution is 0.178. The molecule has 1 aromatic heterocycles. The van der Waals surface area contributed by atoms with Gasteiger partial charge in [-0.05, 0) is 35.4 Å². The molecule has 1 unspecified atom stereocenters. The van der Waals surface area contributed by atoms with Gasteiger partial charge < -0.3 is 5.11 Å². The zero-order chi connectivity index (χ0) is 11.4. The van der Waals surface area contributed by atoms with Crippen molar-refractivity contribution in [2.75, 3.05) is 0 Å². The number of hydrogen-bond acceptors (Lipinski definition) is 2. The first-order valence-electron chi connectivity index (χ1n) is 5.08. The zero-order valence-electron chi connectivity index (χ0n) is 8.68. The largest absolute Gasteiger partial charge is 0.388 e. The summed E-state index contributed by atoms with van der Waals surface area (Å²) in [6.07, 6.45) is 3.13. The van der Waals surface area contributed by atoms with Gasteiger partial charge in [0.1, 0.15) is 5.82 Å². The minimum absolute atomic E-state index is 0.328. The van der Waals surface area contributed by atoms with Crippen molar-refractivity contribution in [2.24, 2.45) is 0 Å². The molecule has 1 heterocycles. The van der Waals surface area contributed by atoms with Crippen molar-refractivity contribution < 1.29 is 9.50 Å². The van der Waals surface area contributed by atoms with E-state index in [1.807, 2.05) is 12.1 Å². The van der Waals surface area contributed by atoms with Crippen molar-refractivity contribution in [1.82, 2.24) is 4.98 Å². The second-order valence-electron chi connectivity index (χ2n) is 3.63. The predicted octanol–water partition coefficient (Wildman–Crippen LogP) is 2.50. The molecule has 0 fully saturated rings. The van der Waals surface area contributed by atoms with E-state index < -0.39 is 6.10 Å². The van der Waals surface area contributed by atoms with E-state index in [2.05, 4.69) is 4.98 Å². The molecule has 1 N–H and O–H groups in total. The lowest BCUT2D eigenvalue weighted by atomic mass is 10.0. The Labute approximate surface area is 93.4 Å². The average Bonchev–Trinajstić information content (AvgIpc) is 2.30. The van der Waals surface area contributed by atoms with Crippen molar-refractivity contribution in [2.45, 2.75) is 12.5 Å². The van der Waals surface area contributed by atoms with Gasteiger partial charge in [0, 0.05) is 18.8 Å². The molecule has 0 aliphatic carbocycles. The van der Waals surface area contributed by atoms with Gasteiger partial charge in [0.25, 0.3) is 0 Å². The molecule has 0 aliphatic heterocycles. The highest BCUT2D eigenvalue weighted by molar-refractivity contribution is 5.21. The van der Waals surface area contributed by atoms with Crippen LogP contribution in [0.25, 0.3) is 0 Å². The van der Waals surface area contributed by atoms with Crippen molar-refractivity contribution in [3.8, 4) is 0 Å². The maximum atomic E-state index is 12.9. The molecule has 2 rings (SSSR count). The van der Waals surface area contributed by atoms with Crippen molar-refractivity contribution in [3.05, 3.63) is 65.7 Å². The number of aliphatic hydroxyl groups is 1. The Morgan fingerprint density at radius 2 is 1.94 bits per heavy atom. The Bertz CT molecular complexity index is 458. The van der Waals surface area contributed by atoms with Gasteiger partial charge >= 0.3 is 0 Å². The molecular formula is C13H12FNO. The maximum Gasteiger partial charge on any atom is 0.123 e. The van der Waals surface area contributed by atoms with Crippen molar-refractivity contribution in [3.63, 3.8) is 0 Å². The molecular weight excluding hydrogens is 205 g/mol. The van der Waals surface area contributed by atoms with Crippen LogP contribution >= 0.6 is 0 Å². The summed E-state index contributed by atoms with van der Waals surface area (Å²) < 4.78 is 12.9. The minimum atomic E-state index is -0.682. The highest BCUT2D eigenvalue weighted by Gasteiger charge is 2.08. The number of halogens is 1. The summed E-state index contributed by atoms with van der Waals surface area (Å²) >= 11 is 0. The fourth-order valence-electron chi connectivity index (χ4n) is 1.57. The number of hydrogen-bond donors (Lipinski definition) is 1. The van der Waals surface area contributed by atoms with Crippen LogP contribution in [0.1, 0.15) is 17.2 Å². The van der Waals surface area contributed by atoms with Gasteiger partial charge in [-0.2, -0.15) is 0 Å². The molecule has 0 amide bonds. The van der Waals surface area contributed by atoms with Gasteiger partial charge in [-0.25, -0.2) is 4.39 Å². The number of nitrogens with zero attached hydrogens (tertiary/aromatic N) is 1. The highest BCUT2D eigenvalue weighted by atomic mass is 19.1. The Kier molecular flexibility index (Phi) is 3.27.